The molecule has 0 aromatic heterocycles. The van der Waals surface area contributed by atoms with Gasteiger partial charge in [-0.3, -0.25) is 19.2 Å². The molecule has 3 aliphatic rings. The van der Waals surface area contributed by atoms with Crippen molar-refractivity contribution < 1.29 is 39.2 Å². The number of methoxy groups -OCH3 is 1. The minimum atomic E-state index is -2.42. The number of esters is 1. The number of carboxylic acid groups (broad SMARTS) is 1. The molecule has 3 aliphatic carbocycles. The summed E-state index contributed by atoms with van der Waals surface area (Å²) in [4.78, 5) is 52.7. The average molecular weight is 477 g/mol. The number of hydrogen-bond donors (Lipinski definition) is 3. The van der Waals surface area contributed by atoms with Gasteiger partial charge in [0, 0.05) is 11.8 Å². The number of aliphatic hydroxyl groups is 2. The van der Waals surface area contributed by atoms with Crippen LogP contribution in [-0.2, 0) is 23.9 Å². The van der Waals surface area contributed by atoms with Gasteiger partial charge in [-0.05, 0) is 69.4 Å². The lowest BCUT2D eigenvalue weighted by molar-refractivity contribution is -0.201. The van der Waals surface area contributed by atoms with Crippen LogP contribution in [0.2, 0.25) is 0 Å². The minimum absolute atomic E-state index is 0.104. The molecule has 3 N–H and O–H groups in total. The van der Waals surface area contributed by atoms with Gasteiger partial charge in [0.1, 0.15) is 0 Å². The zero-order valence-electron chi connectivity index (χ0n) is 21.1. The Balaban J connectivity index is 2.44. The summed E-state index contributed by atoms with van der Waals surface area (Å²) < 4.78 is 5.15. The third-order valence-electron chi connectivity index (χ3n) is 9.21. The van der Waals surface area contributed by atoms with E-state index in [1.165, 1.54) is 0 Å². The molecule has 2 bridgehead atoms. The van der Waals surface area contributed by atoms with Gasteiger partial charge in [0.25, 0.3) is 0 Å². The van der Waals surface area contributed by atoms with Gasteiger partial charge in [0.2, 0.25) is 0 Å². The number of hydrogen-bond acceptors (Lipinski definition) is 7. The van der Waals surface area contributed by atoms with Gasteiger partial charge in [-0.1, -0.05) is 26.5 Å². The second kappa shape index (κ2) is 7.34. The van der Waals surface area contributed by atoms with E-state index in [9.17, 15) is 34.5 Å². The molecule has 0 unspecified atom stereocenters. The van der Waals surface area contributed by atoms with E-state index in [4.69, 9.17) is 4.74 Å². The van der Waals surface area contributed by atoms with Gasteiger partial charge < -0.3 is 20.1 Å². The van der Waals surface area contributed by atoms with Gasteiger partial charge in [0.15, 0.2) is 22.6 Å². The smallest absolute Gasteiger partial charge is 0.324 e. The first-order valence-corrected chi connectivity index (χ1v) is 11.5. The van der Waals surface area contributed by atoms with Crippen molar-refractivity contribution in [3.8, 4) is 0 Å². The maximum atomic E-state index is 14.0. The number of carbonyl (C=O) groups is 4. The van der Waals surface area contributed by atoms with Crippen LogP contribution < -0.4 is 0 Å². The highest BCUT2D eigenvalue weighted by Crippen LogP contribution is 2.74. The Hall–Kier alpha value is -2.32. The molecular formula is C26H36O8. The molecule has 0 spiro atoms. The molecule has 6 atom stereocenters. The van der Waals surface area contributed by atoms with E-state index in [1.54, 1.807) is 33.8 Å². The topological polar surface area (TPSA) is 138 Å². The van der Waals surface area contributed by atoms with Crippen LogP contribution >= 0.6 is 0 Å². The monoisotopic (exact) mass is 476 g/mol. The molecule has 0 aromatic carbocycles. The van der Waals surface area contributed by atoms with Crippen molar-refractivity contribution in [2.24, 2.45) is 27.6 Å². The standard InChI is InChI=1S/C26H36O8/c1-14-23(5)13-16-22(4,11-10-17(27)28)15(21(2,3)32)9-12-24(16,6)26(14,20(31)34-8)19(30)25(7,33)18(23)29/h9,16,32-33H,1,10-13H2,2-8H3,(H,27,28)/t16-,22+,23+,24-,25-,26-/m0/s1. The lowest BCUT2D eigenvalue weighted by atomic mass is 9.32. The lowest BCUT2D eigenvalue weighted by Gasteiger charge is -2.68. The Morgan fingerprint density at radius 2 is 1.74 bits per heavy atom. The van der Waals surface area contributed by atoms with E-state index >= 15 is 0 Å². The number of ether oxygens (including phenoxy) is 1. The predicted octanol–water partition coefficient (Wildman–Crippen LogP) is 2.61. The van der Waals surface area contributed by atoms with Crippen LogP contribution in [0.15, 0.2) is 23.8 Å². The van der Waals surface area contributed by atoms with Gasteiger partial charge in [0.05, 0.1) is 18.1 Å². The Morgan fingerprint density at radius 3 is 2.21 bits per heavy atom. The first kappa shape index (κ1) is 26.3. The summed E-state index contributed by atoms with van der Waals surface area (Å²) in [6.07, 6.45) is 1.99. The number of fused-ring (bicyclic) bond motifs is 4. The van der Waals surface area contributed by atoms with Crippen molar-refractivity contribution in [2.45, 2.75) is 78.4 Å². The molecule has 0 radical (unpaired) electrons. The van der Waals surface area contributed by atoms with E-state index in [0.717, 1.165) is 14.0 Å². The second-order valence-corrected chi connectivity index (χ2v) is 11.6. The third kappa shape index (κ3) is 2.90. The van der Waals surface area contributed by atoms with Crippen molar-refractivity contribution >= 4 is 23.5 Å². The second-order valence-electron chi connectivity index (χ2n) is 11.6. The van der Waals surface area contributed by atoms with Crippen LogP contribution in [0.3, 0.4) is 0 Å². The summed E-state index contributed by atoms with van der Waals surface area (Å²) in [7, 11) is 1.15. The number of carboxylic acids is 1. The highest BCUT2D eigenvalue weighted by Gasteiger charge is 2.80. The van der Waals surface area contributed by atoms with Crippen LogP contribution in [0.25, 0.3) is 0 Å². The first-order chi connectivity index (χ1) is 15.3. The van der Waals surface area contributed by atoms with Gasteiger partial charge >= 0.3 is 11.9 Å². The van der Waals surface area contributed by atoms with Gasteiger partial charge in [-0.25, -0.2) is 0 Å². The fourth-order valence-corrected chi connectivity index (χ4v) is 7.59. The summed E-state index contributed by atoms with van der Waals surface area (Å²) in [5.74, 6) is -4.20. The Bertz CT molecular complexity index is 1020. The maximum Gasteiger partial charge on any atom is 0.324 e. The Kier molecular flexibility index (Phi) is 5.67. The number of rotatable bonds is 5. The fraction of sp³-hybridized carbons (Fsp3) is 0.692. The SMILES string of the molecule is C=C1[C@@]2(C)C[C@@H]3[C@](C)(CC=C(C(C)(C)O)[C@@]3(C)CCC(=O)O)[C@]1(C(=O)OC)C(=O)[C@@](C)(O)C2=O. The molecule has 0 saturated heterocycles. The summed E-state index contributed by atoms with van der Waals surface area (Å²) >= 11 is 0. The average Bonchev–Trinajstić information content (AvgIpc) is 2.72. The first-order valence-electron chi connectivity index (χ1n) is 11.5. The predicted molar refractivity (Wildman–Crippen MR) is 123 cm³/mol. The van der Waals surface area contributed by atoms with E-state index < -0.39 is 62.3 Å². The van der Waals surface area contributed by atoms with Crippen molar-refractivity contribution in [3.05, 3.63) is 23.8 Å². The van der Waals surface area contributed by atoms with Crippen molar-refractivity contribution in [3.63, 3.8) is 0 Å². The zero-order valence-corrected chi connectivity index (χ0v) is 21.1. The van der Waals surface area contributed by atoms with Crippen LogP contribution in [0, 0.1) is 27.6 Å². The van der Waals surface area contributed by atoms with Crippen LogP contribution in [0.1, 0.15) is 67.2 Å². The molecule has 2 saturated carbocycles. The Morgan fingerprint density at radius 1 is 1.18 bits per heavy atom. The fourth-order valence-electron chi connectivity index (χ4n) is 7.59. The number of carbonyl (C=O) groups excluding carboxylic acids is 3. The molecule has 3 rings (SSSR count). The highest BCUT2D eigenvalue weighted by molar-refractivity contribution is 6.26. The molecule has 0 heterocycles. The summed E-state index contributed by atoms with van der Waals surface area (Å²) in [5, 5.41) is 31.6. The molecule has 8 nitrogen and oxygen atoms in total. The molecular weight excluding hydrogens is 440 g/mol. The van der Waals surface area contributed by atoms with Gasteiger partial charge in [-0.2, -0.15) is 0 Å². The van der Waals surface area contributed by atoms with E-state index in [-0.39, 0.29) is 31.3 Å². The van der Waals surface area contributed by atoms with Crippen LogP contribution in [-0.4, -0.2) is 57.1 Å². The molecule has 0 aromatic rings. The molecule has 2 fully saturated rings. The third-order valence-corrected chi connectivity index (χ3v) is 9.21. The van der Waals surface area contributed by atoms with Crippen LogP contribution in [0.4, 0.5) is 0 Å². The lowest BCUT2D eigenvalue weighted by Crippen LogP contribution is -2.76. The minimum Gasteiger partial charge on any atom is -0.481 e. The number of aliphatic carboxylic acids is 1. The van der Waals surface area contributed by atoms with Crippen molar-refractivity contribution in [1.82, 2.24) is 0 Å². The van der Waals surface area contributed by atoms with Crippen LogP contribution in [0.5, 0.6) is 0 Å². The van der Waals surface area contributed by atoms with Crippen molar-refractivity contribution in [2.75, 3.05) is 7.11 Å². The molecule has 34 heavy (non-hydrogen) atoms. The summed E-state index contributed by atoms with van der Waals surface area (Å²) in [5.41, 5.74) is -8.66. The highest BCUT2D eigenvalue weighted by atomic mass is 16.5. The normalized spacial score (nSPS) is 42.1. The number of Topliss-reactive ketones (excluding diaryl/α,β-unsaturated/α-hetero) is 2. The summed E-state index contributed by atoms with van der Waals surface area (Å²) in [6.45, 7) is 13.6. The van der Waals surface area contributed by atoms with E-state index in [0.29, 0.717) is 5.57 Å². The van der Waals surface area contributed by atoms with E-state index in [1.807, 2.05) is 6.92 Å². The molecule has 0 aliphatic heterocycles. The van der Waals surface area contributed by atoms with Gasteiger partial charge in [-0.15, -0.1) is 0 Å². The van der Waals surface area contributed by atoms with E-state index in [2.05, 4.69) is 6.58 Å². The largest absolute Gasteiger partial charge is 0.481 e. The molecule has 0 amide bonds. The van der Waals surface area contributed by atoms with Crippen molar-refractivity contribution in [1.29, 1.82) is 0 Å². The zero-order chi connectivity index (χ0) is 26.3. The Labute approximate surface area is 200 Å². The maximum absolute atomic E-state index is 14.0. The molecule has 188 valence electrons. The number of ketones is 2. The summed E-state index contributed by atoms with van der Waals surface area (Å²) in [6, 6.07) is 0. The molecule has 8 heteroatoms. The quantitative estimate of drug-likeness (QED) is 0.313. The number of allylic oxidation sites excluding steroid dienone is 1.